The third-order valence-electron chi connectivity index (χ3n) is 2.69. The zero-order valence-electron chi connectivity index (χ0n) is 14.1. The van der Waals surface area contributed by atoms with Crippen molar-refractivity contribution in [2.45, 2.75) is 40.5 Å². The molecule has 2 N–H and O–H groups in total. The summed E-state index contributed by atoms with van der Waals surface area (Å²) in [6.07, 6.45) is 10.3. The standard InChI is InChI=1S/C14H20N2.2C2H6/c1-11(5-6-12(2)15-3)13-7-9-14(16-4)10-8-13;2*1-2/h5-7,9,15-16H,1-2,8,10H2,3-4H3;2*1-2H3/b6-5-;;. The smallest absolute Gasteiger partial charge is 0.0264 e. The predicted octanol–water partition coefficient (Wildman–Crippen LogP) is 4.71. The van der Waals surface area contributed by atoms with Gasteiger partial charge in [0.2, 0.25) is 0 Å². The second-order valence-corrected chi connectivity index (χ2v) is 3.77. The first kappa shape index (κ1) is 20.6. The molecule has 1 aliphatic carbocycles. The maximum Gasteiger partial charge on any atom is 0.0264 e. The van der Waals surface area contributed by atoms with Crippen molar-refractivity contribution < 1.29 is 0 Å². The van der Waals surface area contributed by atoms with Crippen LogP contribution >= 0.6 is 0 Å². The zero-order chi connectivity index (χ0) is 16.0. The van der Waals surface area contributed by atoms with Gasteiger partial charge in [-0.3, -0.25) is 0 Å². The normalized spacial score (nSPS) is 12.9. The molecule has 0 saturated heterocycles. The van der Waals surface area contributed by atoms with E-state index in [0.717, 1.165) is 24.1 Å². The van der Waals surface area contributed by atoms with Crippen molar-refractivity contribution in [3.8, 4) is 0 Å². The molecule has 0 aromatic carbocycles. The summed E-state index contributed by atoms with van der Waals surface area (Å²) in [5.41, 5.74) is 4.52. The largest absolute Gasteiger partial charge is 0.391 e. The Bertz CT molecular complexity index is 371. The topological polar surface area (TPSA) is 24.1 Å². The van der Waals surface area contributed by atoms with Crippen LogP contribution in [0.1, 0.15) is 40.5 Å². The predicted molar refractivity (Wildman–Crippen MR) is 93.6 cm³/mol. The van der Waals surface area contributed by atoms with Crippen LogP contribution < -0.4 is 10.6 Å². The molecule has 0 unspecified atom stereocenters. The van der Waals surface area contributed by atoms with Gasteiger partial charge in [0.1, 0.15) is 0 Å². The maximum absolute atomic E-state index is 4.06. The molecular weight excluding hydrogens is 244 g/mol. The molecule has 0 fully saturated rings. The third kappa shape index (κ3) is 8.41. The number of likely N-dealkylation sites (N-methyl/N-ethyl adjacent to an activating group) is 1. The summed E-state index contributed by atoms with van der Waals surface area (Å²) in [6.45, 7) is 15.9. The highest BCUT2D eigenvalue weighted by Crippen LogP contribution is 2.22. The van der Waals surface area contributed by atoms with Crippen LogP contribution in [0, 0.1) is 0 Å². The van der Waals surface area contributed by atoms with Crippen LogP contribution in [0.15, 0.2) is 60.0 Å². The summed E-state index contributed by atoms with van der Waals surface area (Å²) >= 11 is 0. The number of hydrogen-bond donors (Lipinski definition) is 2. The Morgan fingerprint density at radius 1 is 1.00 bits per heavy atom. The lowest BCUT2D eigenvalue weighted by Crippen LogP contribution is -2.08. The van der Waals surface area contributed by atoms with E-state index < -0.39 is 0 Å². The van der Waals surface area contributed by atoms with Crippen LogP contribution in [-0.2, 0) is 0 Å². The molecule has 1 aliphatic rings. The summed E-state index contributed by atoms with van der Waals surface area (Å²) in [5, 5.41) is 6.14. The first-order valence-electron chi connectivity index (χ1n) is 7.49. The molecule has 0 aliphatic heterocycles. The average Bonchev–Trinajstić information content (AvgIpc) is 2.56. The fraction of sp³-hybridized carbons (Fsp3) is 0.444. The Hall–Kier alpha value is -1.70. The third-order valence-corrected chi connectivity index (χ3v) is 2.69. The summed E-state index contributed by atoms with van der Waals surface area (Å²) in [7, 11) is 3.81. The van der Waals surface area contributed by atoms with Crippen LogP contribution in [0.4, 0.5) is 0 Å². The Balaban J connectivity index is 0. The Morgan fingerprint density at radius 3 is 2.00 bits per heavy atom. The van der Waals surface area contributed by atoms with Crippen molar-refractivity contribution in [1.82, 2.24) is 10.6 Å². The molecule has 0 atom stereocenters. The van der Waals surface area contributed by atoms with E-state index in [1.807, 2.05) is 53.9 Å². The number of nitrogens with one attached hydrogen (secondary N) is 2. The highest BCUT2D eigenvalue weighted by atomic mass is 14.8. The van der Waals surface area contributed by atoms with Crippen molar-refractivity contribution >= 4 is 0 Å². The molecule has 0 aromatic rings. The molecule has 0 bridgehead atoms. The molecule has 0 saturated carbocycles. The van der Waals surface area contributed by atoms with Crippen LogP contribution in [0.3, 0.4) is 0 Å². The van der Waals surface area contributed by atoms with Gasteiger partial charge < -0.3 is 10.6 Å². The van der Waals surface area contributed by atoms with Crippen LogP contribution in [0.25, 0.3) is 0 Å². The van der Waals surface area contributed by atoms with E-state index in [1.54, 1.807) is 0 Å². The first-order valence-corrected chi connectivity index (χ1v) is 7.49. The van der Waals surface area contributed by atoms with E-state index >= 15 is 0 Å². The van der Waals surface area contributed by atoms with Gasteiger partial charge in [-0.05, 0) is 36.1 Å². The van der Waals surface area contributed by atoms with Gasteiger partial charge >= 0.3 is 0 Å². The second kappa shape index (κ2) is 13.7. The molecule has 0 spiro atoms. The molecule has 114 valence electrons. The van der Waals surface area contributed by atoms with E-state index in [0.29, 0.717) is 0 Å². The molecular formula is C18H32N2. The highest BCUT2D eigenvalue weighted by Gasteiger charge is 2.06. The van der Waals surface area contributed by atoms with Gasteiger partial charge in [0.25, 0.3) is 0 Å². The molecule has 2 heteroatoms. The molecule has 1 rings (SSSR count). The Labute approximate surface area is 126 Å². The Morgan fingerprint density at radius 2 is 1.60 bits per heavy atom. The van der Waals surface area contributed by atoms with Crippen LogP contribution in [-0.4, -0.2) is 14.1 Å². The summed E-state index contributed by atoms with van der Waals surface area (Å²) in [6, 6.07) is 0. The fourth-order valence-corrected chi connectivity index (χ4v) is 1.50. The molecule has 0 amide bonds. The summed E-state index contributed by atoms with van der Waals surface area (Å²) < 4.78 is 0. The first-order chi connectivity index (χ1) is 9.67. The van der Waals surface area contributed by atoms with Gasteiger partial charge in [-0.15, -0.1) is 0 Å². The van der Waals surface area contributed by atoms with Crippen molar-refractivity contribution in [2.24, 2.45) is 0 Å². The van der Waals surface area contributed by atoms with Crippen molar-refractivity contribution in [3.05, 3.63) is 60.0 Å². The van der Waals surface area contributed by atoms with Crippen LogP contribution in [0.2, 0.25) is 0 Å². The lowest BCUT2D eigenvalue weighted by Gasteiger charge is -2.14. The number of allylic oxidation sites excluding steroid dienone is 7. The maximum atomic E-state index is 4.06. The van der Waals surface area contributed by atoms with Gasteiger partial charge in [-0.25, -0.2) is 0 Å². The second-order valence-electron chi connectivity index (χ2n) is 3.77. The van der Waals surface area contributed by atoms with E-state index in [9.17, 15) is 0 Å². The minimum absolute atomic E-state index is 0.893. The van der Waals surface area contributed by atoms with Gasteiger partial charge in [-0.2, -0.15) is 0 Å². The number of hydrogen-bond acceptors (Lipinski definition) is 2. The Kier molecular flexibility index (Phi) is 14.1. The van der Waals surface area contributed by atoms with E-state index in [4.69, 9.17) is 0 Å². The summed E-state index contributed by atoms with van der Waals surface area (Å²) in [5.74, 6) is 0. The molecule has 0 aromatic heterocycles. The minimum atomic E-state index is 0.893. The monoisotopic (exact) mass is 276 g/mol. The number of rotatable bonds is 5. The van der Waals surface area contributed by atoms with Gasteiger partial charge in [0.15, 0.2) is 0 Å². The zero-order valence-corrected chi connectivity index (χ0v) is 14.1. The average molecular weight is 276 g/mol. The molecule has 0 radical (unpaired) electrons. The van der Waals surface area contributed by atoms with E-state index in [2.05, 4.69) is 35.9 Å². The van der Waals surface area contributed by atoms with E-state index in [1.165, 1.54) is 11.3 Å². The SMILES string of the molecule is C=C(/C=C\C(=C)C1=CC=C(NC)CC1)NC.CC.CC. The molecule has 2 nitrogen and oxygen atoms in total. The fourth-order valence-electron chi connectivity index (χ4n) is 1.50. The molecule has 20 heavy (non-hydrogen) atoms. The minimum Gasteiger partial charge on any atom is -0.391 e. The van der Waals surface area contributed by atoms with Gasteiger partial charge in [0, 0.05) is 25.5 Å². The van der Waals surface area contributed by atoms with Crippen molar-refractivity contribution in [2.75, 3.05) is 14.1 Å². The van der Waals surface area contributed by atoms with Crippen LogP contribution in [0.5, 0.6) is 0 Å². The van der Waals surface area contributed by atoms with Gasteiger partial charge in [0.05, 0.1) is 0 Å². The van der Waals surface area contributed by atoms with Crippen molar-refractivity contribution in [3.63, 3.8) is 0 Å². The van der Waals surface area contributed by atoms with E-state index in [-0.39, 0.29) is 0 Å². The summed E-state index contributed by atoms with van der Waals surface area (Å²) in [4.78, 5) is 0. The lowest BCUT2D eigenvalue weighted by molar-refractivity contribution is 0.821. The van der Waals surface area contributed by atoms with Gasteiger partial charge in [-0.1, -0.05) is 53.0 Å². The van der Waals surface area contributed by atoms with Crippen molar-refractivity contribution in [1.29, 1.82) is 0 Å². The highest BCUT2D eigenvalue weighted by molar-refractivity contribution is 5.43. The quantitative estimate of drug-likeness (QED) is 0.711. The molecule has 0 heterocycles. The lowest BCUT2D eigenvalue weighted by atomic mass is 9.96.